The van der Waals surface area contributed by atoms with Gasteiger partial charge in [-0.05, 0) is 13.0 Å². The van der Waals surface area contributed by atoms with E-state index in [1.54, 1.807) is 19.3 Å². The molecular weight excluding hydrogens is 353 g/mol. The van der Waals surface area contributed by atoms with Gasteiger partial charge in [-0.15, -0.1) is 0 Å². The summed E-state index contributed by atoms with van der Waals surface area (Å²) in [5.41, 5.74) is 12.5. The average molecular weight is 368 g/mol. The number of hydrogen-bond donors (Lipinski definition) is 2. The van der Waals surface area contributed by atoms with E-state index in [2.05, 4.69) is 15.0 Å². The van der Waals surface area contributed by atoms with Gasteiger partial charge in [0.15, 0.2) is 10.9 Å². The first-order chi connectivity index (χ1) is 11.6. The normalized spacial score (nSPS) is 13.3. The smallest absolute Gasteiger partial charge is 0.397 e. The molecule has 6 nitrogen and oxygen atoms in total. The number of aryl methyl sites for hydroxylation is 1. The van der Waals surface area contributed by atoms with Gasteiger partial charge in [0.2, 0.25) is 0 Å². The van der Waals surface area contributed by atoms with Crippen LogP contribution >= 0.6 is 11.8 Å². The summed E-state index contributed by atoms with van der Waals surface area (Å²) in [6.45, 7) is 1.80. The van der Waals surface area contributed by atoms with Crippen LogP contribution in [0.15, 0.2) is 29.7 Å². The molecule has 0 aliphatic carbocycles. The highest BCUT2D eigenvalue weighted by Crippen LogP contribution is 2.36. The van der Waals surface area contributed by atoms with Crippen LogP contribution in [0, 0.1) is 0 Å². The predicted octanol–water partition coefficient (Wildman–Crippen LogP) is 3.40. The molecular formula is C15H15F3N6S. The van der Waals surface area contributed by atoms with Gasteiger partial charge in [0.05, 0.1) is 28.3 Å². The van der Waals surface area contributed by atoms with Gasteiger partial charge in [-0.3, -0.25) is 4.98 Å². The molecule has 0 aliphatic rings. The van der Waals surface area contributed by atoms with E-state index >= 15 is 0 Å². The van der Waals surface area contributed by atoms with Crippen molar-refractivity contribution in [3.8, 4) is 0 Å². The van der Waals surface area contributed by atoms with Crippen LogP contribution in [0.4, 0.5) is 24.7 Å². The van der Waals surface area contributed by atoms with Gasteiger partial charge in [0.1, 0.15) is 5.82 Å². The fourth-order valence-electron chi connectivity index (χ4n) is 2.41. The lowest BCUT2D eigenvalue weighted by molar-refractivity contribution is -0.141. The number of thioether (sulfide) groups is 1. The molecule has 0 bridgehead atoms. The lowest BCUT2D eigenvalue weighted by Crippen LogP contribution is -2.11. The lowest BCUT2D eigenvalue weighted by Gasteiger charge is -2.12. The van der Waals surface area contributed by atoms with Crippen molar-refractivity contribution in [3.05, 3.63) is 35.9 Å². The summed E-state index contributed by atoms with van der Waals surface area (Å²) >= 11 is 1.05. The fraction of sp³-hybridized carbons (Fsp3) is 0.267. The van der Waals surface area contributed by atoms with Gasteiger partial charge in [0, 0.05) is 24.7 Å². The number of aromatic nitrogens is 4. The van der Waals surface area contributed by atoms with Crippen LogP contribution in [0.2, 0.25) is 0 Å². The lowest BCUT2D eigenvalue weighted by atomic mass is 10.2. The third-order valence-electron chi connectivity index (χ3n) is 3.64. The molecule has 10 heteroatoms. The molecule has 3 rings (SSSR count). The number of fused-ring (bicyclic) bond motifs is 1. The molecule has 0 spiro atoms. The summed E-state index contributed by atoms with van der Waals surface area (Å²) in [6.07, 6.45) is -1.12. The molecule has 0 amide bonds. The number of alkyl halides is 3. The minimum absolute atomic E-state index is 0.0530. The number of nitrogen functional groups attached to an aromatic ring is 2. The minimum Gasteiger partial charge on any atom is -0.397 e. The van der Waals surface area contributed by atoms with E-state index in [1.807, 2.05) is 17.7 Å². The molecule has 25 heavy (non-hydrogen) atoms. The Morgan fingerprint density at radius 3 is 2.60 bits per heavy atom. The van der Waals surface area contributed by atoms with Crippen molar-refractivity contribution < 1.29 is 13.2 Å². The number of nitrogens with two attached hydrogens (primary N) is 2. The van der Waals surface area contributed by atoms with Crippen molar-refractivity contribution in [1.82, 2.24) is 19.5 Å². The second-order valence-corrected chi connectivity index (χ2v) is 6.85. The summed E-state index contributed by atoms with van der Waals surface area (Å²) < 4.78 is 40.4. The zero-order chi connectivity index (χ0) is 18.4. The number of halogens is 3. The van der Waals surface area contributed by atoms with E-state index in [1.165, 1.54) is 0 Å². The molecule has 1 unspecified atom stereocenters. The quantitative estimate of drug-likeness (QED) is 0.543. The standard InChI is InChI=1S/C15H15F3N6S/c1-7(10-3-8-9(19)6-24(2)11(8)5-21-10)25-14-22-12(15(16,17)18)4-13(20)23-14/h3-7H,19H2,1-2H3,(H2,20,22,23). The maximum absolute atomic E-state index is 12.8. The highest BCUT2D eigenvalue weighted by Gasteiger charge is 2.33. The van der Waals surface area contributed by atoms with Crippen LogP contribution in [0.25, 0.3) is 10.9 Å². The topological polar surface area (TPSA) is 95.6 Å². The Bertz CT molecular complexity index is 937. The zero-order valence-corrected chi connectivity index (χ0v) is 14.2. The number of rotatable bonds is 3. The number of nitrogens with zero attached hydrogens (tertiary/aromatic N) is 4. The predicted molar refractivity (Wildman–Crippen MR) is 90.8 cm³/mol. The third kappa shape index (κ3) is 3.48. The Labute approximate surface area is 145 Å². The fourth-order valence-corrected chi connectivity index (χ4v) is 3.28. The van der Waals surface area contributed by atoms with Crippen LogP contribution in [0.1, 0.15) is 23.6 Å². The molecule has 1 atom stereocenters. The third-order valence-corrected chi connectivity index (χ3v) is 4.63. The largest absolute Gasteiger partial charge is 0.433 e. The molecule has 132 valence electrons. The van der Waals surface area contributed by atoms with E-state index < -0.39 is 11.9 Å². The summed E-state index contributed by atoms with van der Waals surface area (Å²) in [5.74, 6) is -0.229. The number of hydrogen-bond acceptors (Lipinski definition) is 6. The van der Waals surface area contributed by atoms with Crippen LogP contribution in [-0.4, -0.2) is 19.5 Å². The van der Waals surface area contributed by atoms with Crippen molar-refractivity contribution in [1.29, 1.82) is 0 Å². The molecule has 3 heterocycles. The molecule has 4 N–H and O–H groups in total. The van der Waals surface area contributed by atoms with Crippen LogP contribution in [0.3, 0.4) is 0 Å². The van der Waals surface area contributed by atoms with E-state index in [0.717, 1.165) is 22.7 Å². The highest BCUT2D eigenvalue weighted by molar-refractivity contribution is 7.99. The van der Waals surface area contributed by atoms with E-state index in [-0.39, 0.29) is 16.2 Å². The van der Waals surface area contributed by atoms with Crippen molar-refractivity contribution >= 4 is 34.2 Å². The van der Waals surface area contributed by atoms with E-state index in [0.29, 0.717) is 17.4 Å². The minimum atomic E-state index is -4.58. The number of pyridine rings is 1. The highest BCUT2D eigenvalue weighted by atomic mass is 32.2. The van der Waals surface area contributed by atoms with Crippen molar-refractivity contribution in [2.75, 3.05) is 11.5 Å². The molecule has 0 saturated heterocycles. The van der Waals surface area contributed by atoms with Gasteiger partial charge in [0.25, 0.3) is 0 Å². The van der Waals surface area contributed by atoms with E-state index in [9.17, 15) is 13.2 Å². The second kappa shape index (κ2) is 6.10. The first-order valence-corrected chi connectivity index (χ1v) is 8.12. The zero-order valence-electron chi connectivity index (χ0n) is 13.4. The Hall–Kier alpha value is -2.49. The molecule has 0 fully saturated rings. The van der Waals surface area contributed by atoms with Gasteiger partial charge in [-0.1, -0.05) is 11.8 Å². The van der Waals surface area contributed by atoms with Crippen molar-refractivity contribution in [2.24, 2.45) is 7.05 Å². The van der Waals surface area contributed by atoms with Gasteiger partial charge in [-0.2, -0.15) is 13.2 Å². The SMILES string of the molecule is CC(Sc1nc(N)cc(C(F)(F)F)n1)c1cc2c(N)cn(C)c2cn1. The Morgan fingerprint density at radius 2 is 1.92 bits per heavy atom. The molecule has 0 radical (unpaired) electrons. The first kappa shape index (κ1) is 17.3. The van der Waals surface area contributed by atoms with Crippen LogP contribution < -0.4 is 11.5 Å². The van der Waals surface area contributed by atoms with Crippen LogP contribution in [-0.2, 0) is 13.2 Å². The van der Waals surface area contributed by atoms with Gasteiger partial charge in [-0.25, -0.2) is 9.97 Å². The summed E-state index contributed by atoms with van der Waals surface area (Å²) in [6, 6.07) is 2.53. The Morgan fingerprint density at radius 1 is 1.20 bits per heavy atom. The average Bonchev–Trinajstić information content (AvgIpc) is 2.80. The van der Waals surface area contributed by atoms with Crippen molar-refractivity contribution in [2.45, 2.75) is 23.5 Å². The number of anilines is 2. The maximum atomic E-state index is 12.8. The Balaban J connectivity index is 1.91. The van der Waals surface area contributed by atoms with Gasteiger partial charge < -0.3 is 16.0 Å². The maximum Gasteiger partial charge on any atom is 0.433 e. The summed E-state index contributed by atoms with van der Waals surface area (Å²) in [5, 5.41) is 0.499. The van der Waals surface area contributed by atoms with Crippen molar-refractivity contribution in [3.63, 3.8) is 0 Å². The first-order valence-electron chi connectivity index (χ1n) is 7.24. The summed E-state index contributed by atoms with van der Waals surface area (Å²) in [7, 11) is 1.86. The molecule has 0 aromatic carbocycles. The second-order valence-electron chi connectivity index (χ2n) is 5.54. The molecule has 0 aliphatic heterocycles. The molecule has 3 aromatic rings. The van der Waals surface area contributed by atoms with Gasteiger partial charge >= 0.3 is 6.18 Å². The van der Waals surface area contributed by atoms with E-state index in [4.69, 9.17) is 11.5 Å². The monoisotopic (exact) mass is 368 g/mol. The summed E-state index contributed by atoms with van der Waals surface area (Å²) in [4.78, 5) is 11.8. The Kier molecular flexibility index (Phi) is 4.23. The molecule has 3 aromatic heterocycles. The van der Waals surface area contributed by atoms with Crippen LogP contribution in [0.5, 0.6) is 0 Å². The molecule has 0 saturated carbocycles.